The van der Waals surface area contributed by atoms with Crippen LogP contribution in [-0.4, -0.2) is 7.05 Å². The van der Waals surface area contributed by atoms with Crippen molar-refractivity contribution in [3.8, 4) is 11.5 Å². The number of benzene rings is 2. The van der Waals surface area contributed by atoms with E-state index in [1.807, 2.05) is 39.1 Å². The van der Waals surface area contributed by atoms with E-state index in [0.29, 0.717) is 12.3 Å². The first-order chi connectivity index (χ1) is 9.51. The molecule has 2 aromatic carbocycles. The molecule has 0 aliphatic heterocycles. The monoisotopic (exact) mass is 337 g/mol. The van der Waals surface area contributed by atoms with Crippen LogP contribution in [0.15, 0.2) is 34.8 Å². The molecule has 0 heterocycles. The lowest BCUT2D eigenvalue weighted by atomic mass is 10.1. The van der Waals surface area contributed by atoms with Crippen LogP contribution in [0.4, 0.5) is 4.39 Å². The Bertz CT molecular complexity index is 605. The van der Waals surface area contributed by atoms with Gasteiger partial charge in [0, 0.05) is 11.0 Å². The molecule has 0 unspecified atom stereocenters. The molecule has 2 nitrogen and oxygen atoms in total. The van der Waals surface area contributed by atoms with Gasteiger partial charge in [-0.2, -0.15) is 0 Å². The molecule has 0 spiro atoms. The lowest BCUT2D eigenvalue weighted by molar-refractivity contribution is 0.441. The van der Waals surface area contributed by atoms with Gasteiger partial charge < -0.3 is 10.1 Å². The summed E-state index contributed by atoms with van der Waals surface area (Å²) >= 11 is 3.50. The third kappa shape index (κ3) is 3.38. The highest BCUT2D eigenvalue weighted by molar-refractivity contribution is 9.10. The fourth-order valence-corrected chi connectivity index (χ4v) is 2.26. The number of ether oxygens (including phenoxy) is 1. The first-order valence-electron chi connectivity index (χ1n) is 6.39. The van der Waals surface area contributed by atoms with Crippen LogP contribution in [0.2, 0.25) is 0 Å². The lowest BCUT2D eigenvalue weighted by Crippen LogP contribution is -2.05. The quantitative estimate of drug-likeness (QED) is 0.871. The second kappa shape index (κ2) is 6.37. The fraction of sp³-hybridized carbons (Fsp3) is 0.250. The number of hydrogen-bond acceptors (Lipinski definition) is 2. The van der Waals surface area contributed by atoms with Gasteiger partial charge >= 0.3 is 0 Å². The molecule has 0 aliphatic carbocycles. The molecule has 0 radical (unpaired) electrons. The standard InChI is InChI=1S/C16H17BrFNO/c1-10-6-13(7-11(2)16(10)17)20-15-5-4-12(9-19-3)8-14(15)18/h4-8,19H,9H2,1-3H3. The maximum atomic E-state index is 14.0. The van der Waals surface area contributed by atoms with E-state index in [0.717, 1.165) is 21.2 Å². The highest BCUT2D eigenvalue weighted by atomic mass is 79.9. The second-order valence-electron chi connectivity index (χ2n) is 4.77. The Morgan fingerprint density at radius 3 is 2.35 bits per heavy atom. The Morgan fingerprint density at radius 1 is 1.15 bits per heavy atom. The molecule has 0 atom stereocenters. The lowest BCUT2D eigenvalue weighted by Gasteiger charge is -2.11. The molecule has 20 heavy (non-hydrogen) atoms. The minimum Gasteiger partial charge on any atom is -0.454 e. The predicted octanol–water partition coefficient (Wildman–Crippen LogP) is 4.72. The summed E-state index contributed by atoms with van der Waals surface area (Å²) < 4.78 is 20.7. The van der Waals surface area contributed by atoms with E-state index >= 15 is 0 Å². The normalized spacial score (nSPS) is 10.7. The van der Waals surface area contributed by atoms with Gasteiger partial charge in [0.2, 0.25) is 0 Å². The predicted molar refractivity (Wildman–Crippen MR) is 82.9 cm³/mol. The summed E-state index contributed by atoms with van der Waals surface area (Å²) in [7, 11) is 1.83. The number of hydrogen-bond donors (Lipinski definition) is 1. The summed E-state index contributed by atoms with van der Waals surface area (Å²) in [5.41, 5.74) is 3.01. The Labute approximate surface area is 127 Å². The van der Waals surface area contributed by atoms with Gasteiger partial charge in [0.1, 0.15) is 5.75 Å². The Morgan fingerprint density at radius 2 is 1.80 bits per heavy atom. The van der Waals surface area contributed by atoms with Crippen molar-refractivity contribution in [3.63, 3.8) is 0 Å². The van der Waals surface area contributed by atoms with E-state index in [2.05, 4.69) is 21.2 Å². The van der Waals surface area contributed by atoms with Crippen molar-refractivity contribution in [1.82, 2.24) is 5.32 Å². The van der Waals surface area contributed by atoms with Crippen LogP contribution >= 0.6 is 15.9 Å². The molecule has 2 aromatic rings. The van der Waals surface area contributed by atoms with Crippen LogP contribution in [0.1, 0.15) is 16.7 Å². The zero-order valence-electron chi connectivity index (χ0n) is 11.8. The first-order valence-corrected chi connectivity index (χ1v) is 7.18. The molecule has 106 valence electrons. The Kier molecular flexibility index (Phi) is 4.78. The van der Waals surface area contributed by atoms with Crippen molar-refractivity contribution in [1.29, 1.82) is 0 Å². The molecule has 4 heteroatoms. The van der Waals surface area contributed by atoms with E-state index in [4.69, 9.17) is 4.74 Å². The van der Waals surface area contributed by atoms with Crippen LogP contribution in [0.25, 0.3) is 0 Å². The van der Waals surface area contributed by atoms with Gasteiger partial charge in [-0.25, -0.2) is 4.39 Å². The third-order valence-corrected chi connectivity index (χ3v) is 4.27. The van der Waals surface area contributed by atoms with Crippen molar-refractivity contribution < 1.29 is 9.13 Å². The Balaban J connectivity index is 2.26. The fourth-order valence-electron chi connectivity index (χ4n) is 2.03. The summed E-state index contributed by atoms with van der Waals surface area (Å²) in [5, 5.41) is 2.99. The highest BCUT2D eigenvalue weighted by Crippen LogP contribution is 2.30. The summed E-state index contributed by atoms with van der Waals surface area (Å²) in [6.45, 7) is 4.60. The molecule has 0 saturated carbocycles. The summed E-state index contributed by atoms with van der Waals surface area (Å²) in [4.78, 5) is 0. The maximum Gasteiger partial charge on any atom is 0.166 e. The van der Waals surface area contributed by atoms with Crippen LogP contribution in [0.5, 0.6) is 11.5 Å². The molecule has 0 fully saturated rings. The number of rotatable bonds is 4. The molecular weight excluding hydrogens is 321 g/mol. The van der Waals surface area contributed by atoms with Gasteiger partial charge in [-0.15, -0.1) is 0 Å². The molecule has 0 saturated heterocycles. The van der Waals surface area contributed by atoms with Crippen molar-refractivity contribution in [3.05, 3.63) is 57.3 Å². The van der Waals surface area contributed by atoms with Crippen LogP contribution in [0.3, 0.4) is 0 Å². The maximum absolute atomic E-state index is 14.0. The van der Waals surface area contributed by atoms with E-state index in [1.165, 1.54) is 6.07 Å². The molecule has 1 N–H and O–H groups in total. The molecule has 0 amide bonds. The van der Waals surface area contributed by atoms with Crippen molar-refractivity contribution in [2.75, 3.05) is 7.05 Å². The summed E-state index contributed by atoms with van der Waals surface area (Å²) in [6.07, 6.45) is 0. The van der Waals surface area contributed by atoms with Gasteiger partial charge in [0.15, 0.2) is 11.6 Å². The molecule has 0 bridgehead atoms. The average molecular weight is 338 g/mol. The van der Waals surface area contributed by atoms with Gasteiger partial charge in [-0.3, -0.25) is 0 Å². The SMILES string of the molecule is CNCc1ccc(Oc2cc(C)c(Br)c(C)c2)c(F)c1. The van der Waals surface area contributed by atoms with Crippen LogP contribution in [0, 0.1) is 19.7 Å². The number of halogens is 2. The van der Waals surface area contributed by atoms with E-state index in [9.17, 15) is 4.39 Å². The second-order valence-corrected chi connectivity index (χ2v) is 5.56. The molecular formula is C16H17BrFNO. The van der Waals surface area contributed by atoms with Gasteiger partial charge in [-0.05, 0) is 61.9 Å². The topological polar surface area (TPSA) is 21.3 Å². The largest absolute Gasteiger partial charge is 0.454 e. The number of aryl methyl sites for hydroxylation is 2. The summed E-state index contributed by atoms with van der Waals surface area (Å²) in [5.74, 6) is 0.533. The first kappa shape index (κ1) is 15.0. The van der Waals surface area contributed by atoms with Crippen molar-refractivity contribution >= 4 is 15.9 Å². The van der Waals surface area contributed by atoms with E-state index in [1.54, 1.807) is 6.07 Å². The smallest absolute Gasteiger partial charge is 0.166 e. The minimum absolute atomic E-state index is 0.242. The molecule has 0 aromatic heterocycles. The van der Waals surface area contributed by atoms with E-state index in [-0.39, 0.29) is 11.6 Å². The van der Waals surface area contributed by atoms with Gasteiger partial charge in [0.05, 0.1) is 0 Å². The summed E-state index contributed by atoms with van der Waals surface area (Å²) in [6, 6.07) is 8.78. The van der Waals surface area contributed by atoms with E-state index < -0.39 is 0 Å². The van der Waals surface area contributed by atoms with Gasteiger partial charge in [-0.1, -0.05) is 22.0 Å². The van der Waals surface area contributed by atoms with Crippen LogP contribution in [-0.2, 0) is 6.54 Å². The zero-order chi connectivity index (χ0) is 14.7. The van der Waals surface area contributed by atoms with Crippen LogP contribution < -0.4 is 10.1 Å². The molecule has 0 aliphatic rings. The van der Waals surface area contributed by atoms with Crippen molar-refractivity contribution in [2.24, 2.45) is 0 Å². The third-order valence-electron chi connectivity index (χ3n) is 3.01. The molecule has 2 rings (SSSR count). The number of nitrogens with one attached hydrogen (secondary N) is 1. The highest BCUT2D eigenvalue weighted by Gasteiger charge is 2.08. The van der Waals surface area contributed by atoms with Crippen molar-refractivity contribution in [2.45, 2.75) is 20.4 Å². The Hall–Kier alpha value is -1.39. The average Bonchev–Trinajstić information content (AvgIpc) is 2.39. The van der Waals surface area contributed by atoms with Gasteiger partial charge in [0.25, 0.3) is 0 Å². The zero-order valence-corrected chi connectivity index (χ0v) is 13.3. The minimum atomic E-state index is -0.351.